The molecule has 24 heavy (non-hydrogen) atoms. The second-order valence-electron chi connectivity index (χ2n) is 7.16. The highest BCUT2D eigenvalue weighted by Crippen LogP contribution is 2.32. The van der Waals surface area contributed by atoms with Gasteiger partial charge in [-0.25, -0.2) is 4.79 Å². The molecule has 2 aliphatic rings. The molecule has 1 aliphatic carbocycles. The number of methoxy groups -OCH3 is 1. The average Bonchev–Trinajstić information content (AvgIpc) is 2.95. The van der Waals surface area contributed by atoms with Gasteiger partial charge in [0.05, 0.1) is 12.1 Å². The number of likely N-dealkylation sites (N-methyl/N-ethyl adjacent to an activating group) is 1. The summed E-state index contributed by atoms with van der Waals surface area (Å²) in [6.07, 6.45) is 6.68. The van der Waals surface area contributed by atoms with Crippen LogP contribution in [0.2, 0.25) is 0 Å². The minimum Gasteiger partial charge on any atom is -0.378 e. The maximum atomic E-state index is 12.2. The lowest BCUT2D eigenvalue weighted by Crippen LogP contribution is -2.45. The van der Waals surface area contributed by atoms with Crippen LogP contribution in [0.5, 0.6) is 0 Å². The van der Waals surface area contributed by atoms with E-state index in [0.29, 0.717) is 5.92 Å². The lowest BCUT2D eigenvalue weighted by molar-refractivity contribution is 0.0940. The molecule has 0 radical (unpaired) electrons. The summed E-state index contributed by atoms with van der Waals surface area (Å²) in [5.41, 5.74) is 2.24. The van der Waals surface area contributed by atoms with E-state index in [1.54, 1.807) is 7.11 Å². The van der Waals surface area contributed by atoms with Gasteiger partial charge in [-0.3, -0.25) is 0 Å². The van der Waals surface area contributed by atoms with Crippen molar-refractivity contribution in [3.8, 4) is 0 Å². The molecule has 1 heterocycles. The van der Waals surface area contributed by atoms with Crippen LogP contribution in [0.1, 0.15) is 43.6 Å². The van der Waals surface area contributed by atoms with E-state index in [2.05, 4.69) is 27.7 Å². The molecule has 2 fully saturated rings. The van der Waals surface area contributed by atoms with Crippen LogP contribution in [0.3, 0.4) is 0 Å². The van der Waals surface area contributed by atoms with Gasteiger partial charge in [0.15, 0.2) is 0 Å². The number of nitrogens with zero attached hydrogens (tertiary/aromatic N) is 1. The molecule has 2 N–H and O–H groups in total. The Morgan fingerprint density at radius 2 is 1.83 bits per heavy atom. The van der Waals surface area contributed by atoms with Gasteiger partial charge in [0.25, 0.3) is 0 Å². The summed E-state index contributed by atoms with van der Waals surface area (Å²) in [4.78, 5) is 14.4. The van der Waals surface area contributed by atoms with Crippen molar-refractivity contribution in [2.75, 3.05) is 32.6 Å². The number of nitrogens with one attached hydrogen (secondary N) is 2. The number of ether oxygens (including phenoxy) is 1. The Morgan fingerprint density at radius 3 is 2.50 bits per heavy atom. The maximum absolute atomic E-state index is 12.2. The Morgan fingerprint density at radius 1 is 1.12 bits per heavy atom. The highest BCUT2D eigenvalue weighted by atomic mass is 16.5. The van der Waals surface area contributed by atoms with Gasteiger partial charge in [0.1, 0.15) is 0 Å². The van der Waals surface area contributed by atoms with E-state index in [-0.39, 0.29) is 18.2 Å². The normalized spacial score (nSPS) is 25.6. The van der Waals surface area contributed by atoms with Crippen molar-refractivity contribution in [3.05, 3.63) is 29.8 Å². The van der Waals surface area contributed by atoms with Crippen molar-refractivity contribution < 1.29 is 9.53 Å². The lowest BCUT2D eigenvalue weighted by Gasteiger charge is -2.22. The molecule has 3 rings (SSSR count). The van der Waals surface area contributed by atoms with Crippen molar-refractivity contribution >= 4 is 11.7 Å². The predicted octanol–water partition coefficient (Wildman–Crippen LogP) is 3.18. The number of carbonyl (C=O) groups is 1. The van der Waals surface area contributed by atoms with Crippen molar-refractivity contribution in [2.24, 2.45) is 0 Å². The predicted molar refractivity (Wildman–Crippen MR) is 96.5 cm³/mol. The summed E-state index contributed by atoms with van der Waals surface area (Å²) in [6, 6.07) is 8.21. The van der Waals surface area contributed by atoms with Gasteiger partial charge >= 0.3 is 6.03 Å². The fourth-order valence-electron chi connectivity index (χ4n) is 3.95. The lowest BCUT2D eigenvalue weighted by atomic mass is 9.84. The number of benzene rings is 1. The molecule has 2 atom stereocenters. The standard InChI is InChI=1S/C19H29N3O2/c1-22-12-17(18(13-22)24-2)21-19(23)20-16-10-8-15(9-11-16)14-6-4-3-5-7-14/h8-11,14,17-18H,3-7,12-13H2,1-2H3,(H2,20,21,23)/t17-,18-/m0/s1. The van der Waals surface area contributed by atoms with Gasteiger partial charge in [-0.1, -0.05) is 31.4 Å². The zero-order valence-electron chi connectivity index (χ0n) is 14.8. The van der Waals surface area contributed by atoms with E-state index < -0.39 is 0 Å². The minimum atomic E-state index is -0.164. The van der Waals surface area contributed by atoms with E-state index in [4.69, 9.17) is 4.74 Å². The van der Waals surface area contributed by atoms with E-state index in [1.165, 1.54) is 37.7 Å². The summed E-state index contributed by atoms with van der Waals surface area (Å²) in [6.45, 7) is 1.66. The molecule has 0 bridgehead atoms. The van der Waals surface area contributed by atoms with Crippen LogP contribution in [-0.2, 0) is 4.74 Å². The SMILES string of the molecule is CO[C@H]1CN(C)C[C@@H]1NC(=O)Nc1ccc(C2CCCCC2)cc1. The fourth-order valence-corrected chi connectivity index (χ4v) is 3.95. The molecule has 2 amide bonds. The Balaban J connectivity index is 1.52. The monoisotopic (exact) mass is 331 g/mol. The molecule has 1 saturated heterocycles. The molecule has 1 aromatic rings. The molecule has 132 valence electrons. The quantitative estimate of drug-likeness (QED) is 0.891. The molecule has 0 aromatic heterocycles. The third-order valence-corrected chi connectivity index (χ3v) is 5.31. The van der Waals surface area contributed by atoms with Gasteiger partial charge in [-0.05, 0) is 43.5 Å². The zero-order chi connectivity index (χ0) is 16.9. The largest absolute Gasteiger partial charge is 0.378 e. The molecule has 1 aromatic carbocycles. The van der Waals surface area contributed by atoms with Crippen LogP contribution in [0.15, 0.2) is 24.3 Å². The molecule has 0 spiro atoms. The van der Waals surface area contributed by atoms with E-state index in [9.17, 15) is 4.79 Å². The van der Waals surface area contributed by atoms with Crippen LogP contribution < -0.4 is 10.6 Å². The highest BCUT2D eigenvalue weighted by Gasteiger charge is 2.31. The van der Waals surface area contributed by atoms with Crippen molar-refractivity contribution in [1.29, 1.82) is 0 Å². The molecular formula is C19H29N3O2. The Hall–Kier alpha value is -1.59. The number of amides is 2. The molecule has 1 aliphatic heterocycles. The summed E-state index contributed by atoms with van der Waals surface area (Å²) in [5.74, 6) is 0.693. The van der Waals surface area contributed by atoms with Crippen LogP contribution in [0, 0.1) is 0 Å². The zero-order valence-corrected chi connectivity index (χ0v) is 14.8. The number of urea groups is 1. The average molecular weight is 331 g/mol. The first kappa shape index (κ1) is 17.2. The van der Waals surface area contributed by atoms with Crippen LogP contribution in [-0.4, -0.2) is 50.3 Å². The van der Waals surface area contributed by atoms with Gasteiger partial charge in [-0.2, -0.15) is 0 Å². The van der Waals surface area contributed by atoms with Crippen molar-refractivity contribution in [2.45, 2.75) is 50.2 Å². The number of carbonyl (C=O) groups excluding carboxylic acids is 1. The Labute approximate surface area is 144 Å². The third-order valence-electron chi connectivity index (χ3n) is 5.31. The smallest absolute Gasteiger partial charge is 0.319 e. The second kappa shape index (κ2) is 7.99. The topological polar surface area (TPSA) is 53.6 Å². The fraction of sp³-hybridized carbons (Fsp3) is 0.632. The number of rotatable bonds is 4. The van der Waals surface area contributed by atoms with Crippen LogP contribution in [0.25, 0.3) is 0 Å². The first-order valence-electron chi connectivity index (χ1n) is 9.04. The minimum absolute atomic E-state index is 0.0292. The maximum Gasteiger partial charge on any atom is 0.319 e. The van der Waals surface area contributed by atoms with E-state index in [1.807, 2.05) is 19.2 Å². The molecular weight excluding hydrogens is 302 g/mol. The van der Waals surface area contributed by atoms with Gasteiger partial charge in [-0.15, -0.1) is 0 Å². The van der Waals surface area contributed by atoms with Gasteiger partial charge in [0.2, 0.25) is 0 Å². The van der Waals surface area contributed by atoms with Gasteiger partial charge in [0, 0.05) is 25.9 Å². The highest BCUT2D eigenvalue weighted by molar-refractivity contribution is 5.89. The second-order valence-corrected chi connectivity index (χ2v) is 7.16. The number of likely N-dealkylation sites (tertiary alicyclic amines) is 1. The third kappa shape index (κ3) is 4.28. The number of hydrogen-bond donors (Lipinski definition) is 2. The first-order chi connectivity index (χ1) is 11.7. The van der Waals surface area contributed by atoms with E-state index >= 15 is 0 Å². The van der Waals surface area contributed by atoms with Crippen LogP contribution >= 0.6 is 0 Å². The summed E-state index contributed by atoms with van der Waals surface area (Å²) in [5, 5.41) is 5.95. The Bertz CT molecular complexity index is 540. The summed E-state index contributed by atoms with van der Waals surface area (Å²) < 4.78 is 5.44. The summed E-state index contributed by atoms with van der Waals surface area (Å²) >= 11 is 0. The Kier molecular flexibility index (Phi) is 5.74. The van der Waals surface area contributed by atoms with Crippen molar-refractivity contribution in [1.82, 2.24) is 10.2 Å². The van der Waals surface area contributed by atoms with Crippen LogP contribution in [0.4, 0.5) is 10.5 Å². The number of hydrogen-bond acceptors (Lipinski definition) is 3. The van der Waals surface area contributed by atoms with E-state index in [0.717, 1.165) is 18.8 Å². The first-order valence-corrected chi connectivity index (χ1v) is 9.04. The van der Waals surface area contributed by atoms with Gasteiger partial charge < -0.3 is 20.3 Å². The number of anilines is 1. The molecule has 1 saturated carbocycles. The molecule has 5 nitrogen and oxygen atoms in total. The molecule has 0 unspecified atom stereocenters. The molecule has 5 heteroatoms. The van der Waals surface area contributed by atoms with Crippen molar-refractivity contribution in [3.63, 3.8) is 0 Å². The summed E-state index contributed by atoms with van der Waals surface area (Å²) in [7, 11) is 3.73.